The predicted octanol–water partition coefficient (Wildman–Crippen LogP) is 6.49. The van der Waals surface area contributed by atoms with Gasteiger partial charge >= 0.3 is 5.97 Å². The van der Waals surface area contributed by atoms with E-state index >= 15 is 0 Å². The standard InChI is InChI=1S/C31H31FN2O3/c32-22-1-3-23(4-2-22)34-27-10-19-16-33-15-18(19)9-26(27)28(20-11-31(12-20)13-21(14-31)30(35)36)29(34)17-7-24-5-6-25(8-17)37-24/h1-4,9-10,16-17,20-21,24-25H,5-8,11-15H2,(H,35,36). The van der Waals surface area contributed by atoms with Crippen molar-refractivity contribution < 1.29 is 19.0 Å². The first kappa shape index (κ1) is 22.0. The molecule has 0 amide bonds. The van der Waals surface area contributed by atoms with E-state index in [-0.39, 0.29) is 17.2 Å². The Hall–Kier alpha value is -2.99. The van der Waals surface area contributed by atoms with E-state index in [9.17, 15) is 14.3 Å². The second-order valence-electron chi connectivity index (χ2n) is 12.3. The van der Waals surface area contributed by atoms with Crippen molar-refractivity contribution in [3.63, 3.8) is 0 Å². The van der Waals surface area contributed by atoms with Crippen LogP contribution in [-0.2, 0) is 16.1 Å². The highest BCUT2D eigenvalue weighted by molar-refractivity contribution is 5.96. The van der Waals surface area contributed by atoms with Gasteiger partial charge in [0.2, 0.25) is 0 Å². The molecule has 1 aromatic heterocycles. The zero-order chi connectivity index (χ0) is 24.9. The van der Waals surface area contributed by atoms with Gasteiger partial charge in [-0.3, -0.25) is 9.79 Å². The van der Waals surface area contributed by atoms with Gasteiger partial charge in [0, 0.05) is 28.9 Å². The van der Waals surface area contributed by atoms with E-state index in [2.05, 4.69) is 21.7 Å². The Labute approximate surface area is 215 Å². The Bertz CT molecular complexity index is 1450. The number of carbonyl (C=O) groups is 1. The third-order valence-electron chi connectivity index (χ3n) is 10.0. The number of rotatable bonds is 4. The van der Waals surface area contributed by atoms with Gasteiger partial charge in [-0.15, -0.1) is 0 Å². The molecule has 2 aromatic carbocycles. The van der Waals surface area contributed by atoms with Crippen LogP contribution >= 0.6 is 0 Å². The number of nitrogens with zero attached hydrogens (tertiary/aromatic N) is 2. The first-order chi connectivity index (χ1) is 18.0. The first-order valence-corrected chi connectivity index (χ1v) is 13.8. The van der Waals surface area contributed by atoms with Gasteiger partial charge < -0.3 is 14.4 Å². The Morgan fingerprint density at radius 1 is 1.03 bits per heavy atom. The number of aromatic nitrogens is 1. The fraction of sp³-hybridized carbons (Fsp3) is 0.484. The predicted molar refractivity (Wildman–Crippen MR) is 139 cm³/mol. The summed E-state index contributed by atoms with van der Waals surface area (Å²) >= 11 is 0. The molecule has 2 aliphatic carbocycles. The minimum Gasteiger partial charge on any atom is -0.481 e. The van der Waals surface area contributed by atoms with Crippen LogP contribution in [0.4, 0.5) is 4.39 Å². The van der Waals surface area contributed by atoms with E-state index in [1.165, 1.54) is 33.3 Å². The lowest BCUT2D eigenvalue weighted by molar-refractivity contribution is -0.155. The quantitative estimate of drug-likeness (QED) is 0.447. The molecule has 2 bridgehead atoms. The molecule has 4 fully saturated rings. The molecule has 3 aromatic rings. The van der Waals surface area contributed by atoms with Crippen LogP contribution in [0.5, 0.6) is 0 Å². The van der Waals surface area contributed by atoms with Gasteiger partial charge in [-0.1, -0.05) is 0 Å². The number of hydrogen-bond donors (Lipinski definition) is 1. The van der Waals surface area contributed by atoms with E-state index in [0.29, 0.717) is 24.0 Å². The zero-order valence-corrected chi connectivity index (χ0v) is 20.8. The van der Waals surface area contributed by atoms with Crippen molar-refractivity contribution in [2.75, 3.05) is 0 Å². The summed E-state index contributed by atoms with van der Waals surface area (Å²) in [6.45, 7) is 0.720. The average molecular weight is 499 g/mol. The maximum Gasteiger partial charge on any atom is 0.306 e. The van der Waals surface area contributed by atoms with E-state index in [1.807, 2.05) is 18.3 Å². The van der Waals surface area contributed by atoms with E-state index < -0.39 is 5.97 Å². The maximum atomic E-state index is 14.0. The number of fused-ring (bicyclic) bond motifs is 4. The van der Waals surface area contributed by atoms with Gasteiger partial charge in [0.05, 0.1) is 30.2 Å². The monoisotopic (exact) mass is 498 g/mol. The van der Waals surface area contributed by atoms with Crippen LogP contribution in [0.2, 0.25) is 0 Å². The number of halogens is 1. The molecule has 2 saturated carbocycles. The normalized spacial score (nSPS) is 33.5. The fourth-order valence-electron chi connectivity index (χ4n) is 8.40. The molecule has 2 unspecified atom stereocenters. The van der Waals surface area contributed by atoms with Gasteiger partial charge in [-0.25, -0.2) is 4.39 Å². The van der Waals surface area contributed by atoms with E-state index in [4.69, 9.17) is 4.74 Å². The zero-order valence-electron chi connectivity index (χ0n) is 20.8. The molecule has 1 spiro atoms. The molecule has 0 radical (unpaired) electrons. The number of hydrogen-bond acceptors (Lipinski definition) is 3. The van der Waals surface area contributed by atoms with Crippen molar-refractivity contribution in [2.24, 2.45) is 16.3 Å². The third-order valence-corrected chi connectivity index (χ3v) is 10.0. The van der Waals surface area contributed by atoms with Gasteiger partial charge in [-0.05, 0) is 116 Å². The van der Waals surface area contributed by atoms with E-state index in [1.54, 1.807) is 12.1 Å². The molecular formula is C31H31FN2O3. The van der Waals surface area contributed by atoms with Crippen molar-refractivity contribution in [3.05, 3.63) is 64.6 Å². The van der Waals surface area contributed by atoms with Gasteiger partial charge in [0.15, 0.2) is 0 Å². The Morgan fingerprint density at radius 3 is 2.46 bits per heavy atom. The summed E-state index contributed by atoms with van der Waals surface area (Å²) in [5.41, 5.74) is 7.66. The maximum absolute atomic E-state index is 14.0. The molecular weight excluding hydrogens is 467 g/mol. The Kier molecular flexibility index (Phi) is 4.62. The summed E-state index contributed by atoms with van der Waals surface area (Å²) < 4.78 is 22.7. The molecule has 190 valence electrons. The number of carboxylic acids is 1. The minimum atomic E-state index is -0.643. The molecule has 1 N–H and O–H groups in total. The molecule has 8 rings (SSSR count). The molecule has 2 atom stereocenters. The molecule has 5 nitrogen and oxygen atoms in total. The molecule has 37 heavy (non-hydrogen) atoms. The van der Waals surface area contributed by atoms with Gasteiger partial charge in [-0.2, -0.15) is 0 Å². The summed E-state index contributed by atoms with van der Waals surface area (Å²) in [5, 5.41) is 10.8. The number of carboxylic acid groups (broad SMARTS) is 1. The van der Waals surface area contributed by atoms with Crippen LogP contribution < -0.4 is 0 Å². The van der Waals surface area contributed by atoms with Crippen LogP contribution in [0.1, 0.15) is 85.6 Å². The summed E-state index contributed by atoms with van der Waals surface area (Å²) in [4.78, 5) is 16.0. The Balaban J connectivity index is 1.31. The molecule has 6 heteroatoms. The smallest absolute Gasteiger partial charge is 0.306 e. The van der Waals surface area contributed by atoms with Crippen molar-refractivity contribution >= 4 is 23.1 Å². The van der Waals surface area contributed by atoms with Crippen molar-refractivity contribution in [3.8, 4) is 5.69 Å². The molecule has 4 heterocycles. The topological polar surface area (TPSA) is 63.8 Å². The fourth-order valence-corrected chi connectivity index (χ4v) is 8.40. The summed E-state index contributed by atoms with van der Waals surface area (Å²) in [6, 6.07) is 11.6. The van der Waals surface area contributed by atoms with Crippen LogP contribution in [0.15, 0.2) is 41.4 Å². The summed E-state index contributed by atoms with van der Waals surface area (Å²) in [7, 11) is 0. The third kappa shape index (κ3) is 3.30. The Morgan fingerprint density at radius 2 is 1.76 bits per heavy atom. The number of aliphatic imine (C=N–C) groups is 1. The molecule has 2 saturated heterocycles. The molecule has 3 aliphatic heterocycles. The first-order valence-electron chi connectivity index (χ1n) is 13.8. The second-order valence-corrected chi connectivity index (χ2v) is 12.3. The van der Waals surface area contributed by atoms with Crippen LogP contribution in [0.3, 0.4) is 0 Å². The number of ether oxygens (including phenoxy) is 1. The lowest BCUT2D eigenvalue weighted by atomic mass is 9.47. The highest BCUT2D eigenvalue weighted by atomic mass is 19.1. The minimum absolute atomic E-state index is 0.174. The van der Waals surface area contributed by atoms with Crippen molar-refractivity contribution in [1.29, 1.82) is 0 Å². The SMILES string of the molecule is O=C(O)C1CC2(C1)CC(c1c(C3CC4CCC(C3)O4)n(-c3ccc(F)cc3)c3cc4c(cc13)CN=C4)C2. The second kappa shape index (κ2) is 7.76. The highest BCUT2D eigenvalue weighted by Crippen LogP contribution is 2.65. The van der Waals surface area contributed by atoms with Gasteiger partial charge in [0.1, 0.15) is 5.82 Å². The largest absolute Gasteiger partial charge is 0.481 e. The van der Waals surface area contributed by atoms with Crippen molar-refractivity contribution in [2.45, 2.75) is 82.0 Å². The number of benzene rings is 2. The van der Waals surface area contributed by atoms with Crippen LogP contribution in [0, 0.1) is 17.2 Å². The summed E-state index contributed by atoms with van der Waals surface area (Å²) in [5.74, 6) is -0.219. The van der Waals surface area contributed by atoms with Crippen molar-refractivity contribution in [1.82, 2.24) is 4.57 Å². The average Bonchev–Trinajstić information content (AvgIpc) is 3.51. The van der Waals surface area contributed by atoms with Crippen LogP contribution in [0.25, 0.3) is 16.6 Å². The highest BCUT2D eigenvalue weighted by Gasteiger charge is 2.56. The van der Waals surface area contributed by atoms with Gasteiger partial charge in [0.25, 0.3) is 0 Å². The molecule has 5 aliphatic rings. The van der Waals surface area contributed by atoms with Crippen LogP contribution in [-0.4, -0.2) is 34.1 Å². The van der Waals surface area contributed by atoms with E-state index in [0.717, 1.165) is 63.6 Å². The lowest BCUT2D eigenvalue weighted by Crippen LogP contribution is -2.49. The lowest BCUT2D eigenvalue weighted by Gasteiger charge is -2.57. The number of aliphatic carboxylic acids is 1. The summed E-state index contributed by atoms with van der Waals surface area (Å²) in [6.07, 6.45) is 10.7.